The molecule has 1 aliphatic carbocycles. The molecule has 17 heavy (non-hydrogen) atoms. The largest absolute Gasteiger partial charge is 0.370 e. The van der Waals surface area contributed by atoms with Crippen LogP contribution in [-0.4, -0.2) is 12.3 Å². The number of hydrogen-bond acceptors (Lipinski definition) is 2. The molecule has 0 radical (unpaired) electrons. The third kappa shape index (κ3) is 4.03. The van der Waals surface area contributed by atoms with Crippen LogP contribution in [0.15, 0.2) is 28.5 Å². The van der Waals surface area contributed by atoms with Gasteiger partial charge in [-0.05, 0) is 56.6 Å². The van der Waals surface area contributed by atoms with Crippen molar-refractivity contribution in [2.75, 3.05) is 6.54 Å². The van der Waals surface area contributed by atoms with Crippen molar-refractivity contribution in [1.82, 2.24) is 5.32 Å². The van der Waals surface area contributed by atoms with E-state index in [-0.39, 0.29) is 0 Å². The standard InChI is InChI=1S/C15H26N2/c1-7-16-14(17-11(2)3)13-10-15(5,6)9-8-12(13)4/h16H,4,7-10H2,1-3,5-6H3/b14-13-. The van der Waals surface area contributed by atoms with Crippen molar-refractivity contribution in [3.63, 3.8) is 0 Å². The molecular formula is C15H26N2. The summed E-state index contributed by atoms with van der Waals surface area (Å²) in [6.45, 7) is 15.9. The van der Waals surface area contributed by atoms with Gasteiger partial charge >= 0.3 is 0 Å². The Labute approximate surface area is 106 Å². The van der Waals surface area contributed by atoms with Crippen molar-refractivity contribution in [2.24, 2.45) is 10.4 Å². The molecule has 0 bridgehead atoms. The Bertz CT molecular complexity index is 355. The van der Waals surface area contributed by atoms with Crippen molar-refractivity contribution in [2.45, 2.75) is 53.9 Å². The van der Waals surface area contributed by atoms with E-state index in [1.807, 2.05) is 13.8 Å². The number of nitrogens with one attached hydrogen (secondary N) is 1. The molecule has 0 aromatic carbocycles. The molecule has 1 saturated carbocycles. The fourth-order valence-corrected chi connectivity index (χ4v) is 2.19. The van der Waals surface area contributed by atoms with Gasteiger partial charge in [0.2, 0.25) is 0 Å². The van der Waals surface area contributed by atoms with Gasteiger partial charge in [0.15, 0.2) is 0 Å². The summed E-state index contributed by atoms with van der Waals surface area (Å²) in [4.78, 5) is 4.63. The molecule has 1 rings (SSSR count). The summed E-state index contributed by atoms with van der Waals surface area (Å²) in [5, 5.41) is 3.38. The average molecular weight is 234 g/mol. The molecule has 2 nitrogen and oxygen atoms in total. The summed E-state index contributed by atoms with van der Waals surface area (Å²) in [5.41, 5.74) is 4.04. The predicted octanol–water partition coefficient (Wildman–Crippen LogP) is 4.05. The lowest BCUT2D eigenvalue weighted by Gasteiger charge is -2.33. The van der Waals surface area contributed by atoms with E-state index >= 15 is 0 Å². The monoisotopic (exact) mass is 234 g/mol. The molecule has 0 unspecified atom stereocenters. The second-order valence-corrected chi connectivity index (χ2v) is 5.86. The molecule has 1 N–H and O–H groups in total. The maximum Gasteiger partial charge on any atom is 0.129 e. The van der Waals surface area contributed by atoms with E-state index < -0.39 is 0 Å². The van der Waals surface area contributed by atoms with Crippen LogP contribution in [0.4, 0.5) is 0 Å². The smallest absolute Gasteiger partial charge is 0.129 e. The molecule has 0 saturated heterocycles. The van der Waals surface area contributed by atoms with Crippen LogP contribution in [0.2, 0.25) is 0 Å². The van der Waals surface area contributed by atoms with Gasteiger partial charge in [-0.15, -0.1) is 0 Å². The first-order valence-electron chi connectivity index (χ1n) is 6.53. The van der Waals surface area contributed by atoms with Gasteiger partial charge in [0.05, 0.1) is 0 Å². The van der Waals surface area contributed by atoms with Crippen molar-refractivity contribution in [3.8, 4) is 0 Å². The fraction of sp³-hybridized carbons (Fsp3) is 0.667. The molecule has 0 heterocycles. The molecule has 1 aliphatic rings. The Morgan fingerprint density at radius 1 is 1.41 bits per heavy atom. The van der Waals surface area contributed by atoms with Crippen LogP contribution in [-0.2, 0) is 0 Å². The summed E-state index contributed by atoms with van der Waals surface area (Å²) >= 11 is 0. The van der Waals surface area contributed by atoms with Gasteiger partial charge in [-0.1, -0.05) is 20.4 Å². The highest BCUT2D eigenvalue weighted by molar-refractivity contribution is 5.80. The molecule has 0 spiro atoms. The van der Waals surface area contributed by atoms with Gasteiger partial charge in [-0.2, -0.15) is 0 Å². The van der Waals surface area contributed by atoms with Crippen LogP contribution in [0.5, 0.6) is 0 Å². The Kier molecular flexibility index (Phi) is 4.55. The number of rotatable bonds is 3. The van der Waals surface area contributed by atoms with Crippen LogP contribution in [0, 0.1) is 5.41 Å². The maximum absolute atomic E-state index is 4.63. The lowest BCUT2D eigenvalue weighted by atomic mass is 9.73. The highest BCUT2D eigenvalue weighted by Gasteiger charge is 2.28. The zero-order valence-electron chi connectivity index (χ0n) is 12.0. The SMILES string of the molecule is C=C1CCC(C)(C)C/C1=C(/N=C(C)C)NCC. The van der Waals surface area contributed by atoms with E-state index in [1.54, 1.807) is 0 Å². The quantitative estimate of drug-likeness (QED) is 0.732. The summed E-state index contributed by atoms with van der Waals surface area (Å²) in [7, 11) is 0. The summed E-state index contributed by atoms with van der Waals surface area (Å²) in [6.07, 6.45) is 3.39. The van der Waals surface area contributed by atoms with Crippen LogP contribution >= 0.6 is 0 Å². The van der Waals surface area contributed by atoms with Crippen LogP contribution in [0.1, 0.15) is 53.9 Å². The van der Waals surface area contributed by atoms with E-state index in [0.29, 0.717) is 5.41 Å². The minimum absolute atomic E-state index is 0.369. The van der Waals surface area contributed by atoms with Gasteiger partial charge in [0, 0.05) is 12.3 Å². The van der Waals surface area contributed by atoms with Crippen LogP contribution in [0.25, 0.3) is 0 Å². The average Bonchev–Trinajstić information content (AvgIpc) is 2.20. The molecule has 0 amide bonds. The van der Waals surface area contributed by atoms with E-state index in [1.165, 1.54) is 17.6 Å². The van der Waals surface area contributed by atoms with Crippen molar-refractivity contribution in [1.29, 1.82) is 0 Å². The van der Waals surface area contributed by atoms with Gasteiger partial charge in [0.25, 0.3) is 0 Å². The number of allylic oxidation sites excluding steroid dienone is 2. The lowest BCUT2D eigenvalue weighted by molar-refractivity contribution is 0.311. The first kappa shape index (κ1) is 14.0. The maximum atomic E-state index is 4.63. The van der Waals surface area contributed by atoms with E-state index in [4.69, 9.17) is 0 Å². The molecule has 0 aromatic heterocycles. The summed E-state index contributed by atoms with van der Waals surface area (Å²) in [5.74, 6) is 1.03. The number of nitrogens with zero attached hydrogens (tertiary/aromatic N) is 1. The van der Waals surface area contributed by atoms with Crippen molar-refractivity contribution >= 4 is 5.71 Å². The second-order valence-electron chi connectivity index (χ2n) is 5.86. The number of hydrogen-bond donors (Lipinski definition) is 1. The second kappa shape index (κ2) is 5.52. The molecule has 96 valence electrons. The van der Waals surface area contributed by atoms with Crippen LogP contribution < -0.4 is 5.32 Å². The highest BCUT2D eigenvalue weighted by Crippen LogP contribution is 2.41. The Morgan fingerprint density at radius 2 is 2.06 bits per heavy atom. The molecular weight excluding hydrogens is 208 g/mol. The normalized spacial score (nSPS) is 22.1. The summed E-state index contributed by atoms with van der Waals surface area (Å²) < 4.78 is 0. The minimum atomic E-state index is 0.369. The first-order chi connectivity index (χ1) is 7.85. The third-order valence-corrected chi connectivity index (χ3v) is 3.15. The zero-order valence-corrected chi connectivity index (χ0v) is 12.0. The highest BCUT2D eigenvalue weighted by atomic mass is 15.0. The Balaban J connectivity index is 3.10. The first-order valence-corrected chi connectivity index (χ1v) is 6.53. The van der Waals surface area contributed by atoms with E-state index in [9.17, 15) is 0 Å². The van der Waals surface area contributed by atoms with Gasteiger partial charge in [-0.25, -0.2) is 4.99 Å². The van der Waals surface area contributed by atoms with Gasteiger partial charge < -0.3 is 5.32 Å². The van der Waals surface area contributed by atoms with E-state index in [2.05, 4.69) is 37.7 Å². The van der Waals surface area contributed by atoms with Crippen molar-refractivity contribution in [3.05, 3.63) is 23.5 Å². The Hall–Kier alpha value is -1.05. The summed E-state index contributed by atoms with van der Waals surface area (Å²) in [6, 6.07) is 0. The molecule has 1 fully saturated rings. The lowest BCUT2D eigenvalue weighted by Crippen LogP contribution is -2.23. The molecule has 0 aliphatic heterocycles. The zero-order chi connectivity index (χ0) is 13.1. The van der Waals surface area contributed by atoms with Gasteiger partial charge in [-0.3, -0.25) is 0 Å². The van der Waals surface area contributed by atoms with Gasteiger partial charge in [0.1, 0.15) is 5.82 Å². The third-order valence-electron chi connectivity index (χ3n) is 3.15. The van der Waals surface area contributed by atoms with Crippen LogP contribution in [0.3, 0.4) is 0 Å². The number of aliphatic imine (C=N–C) groups is 1. The predicted molar refractivity (Wildman–Crippen MR) is 76.3 cm³/mol. The molecule has 0 aromatic rings. The molecule has 2 heteroatoms. The van der Waals surface area contributed by atoms with Crippen molar-refractivity contribution < 1.29 is 0 Å². The molecule has 0 atom stereocenters. The Morgan fingerprint density at radius 3 is 2.59 bits per heavy atom. The topological polar surface area (TPSA) is 24.4 Å². The van der Waals surface area contributed by atoms with E-state index in [0.717, 1.165) is 30.9 Å². The fourth-order valence-electron chi connectivity index (χ4n) is 2.19. The minimum Gasteiger partial charge on any atom is -0.370 e.